The SMILES string of the molecule is O=C(CN1C(=O)S/C(=C\c2ccc(O)cc2)C1=O)Nc1ccccc1C(F)(F)F. The van der Waals surface area contributed by atoms with Crippen LogP contribution in [0.4, 0.5) is 23.7 Å². The number of rotatable bonds is 4. The number of aromatic hydroxyl groups is 1. The molecule has 3 amide bonds. The number of hydrogen-bond acceptors (Lipinski definition) is 5. The van der Waals surface area contributed by atoms with Crippen LogP contribution >= 0.6 is 11.8 Å². The first-order chi connectivity index (χ1) is 13.6. The van der Waals surface area contributed by atoms with Crippen molar-refractivity contribution in [3.8, 4) is 5.75 Å². The van der Waals surface area contributed by atoms with Gasteiger partial charge in [0.15, 0.2) is 0 Å². The molecule has 0 aromatic heterocycles. The number of carbonyl (C=O) groups is 3. The van der Waals surface area contributed by atoms with Gasteiger partial charge in [-0.25, -0.2) is 0 Å². The number of alkyl halides is 3. The summed E-state index contributed by atoms with van der Waals surface area (Å²) < 4.78 is 39.0. The number of phenolic OH excluding ortho intramolecular Hbond substituents is 1. The van der Waals surface area contributed by atoms with Gasteiger partial charge in [-0.05, 0) is 47.7 Å². The lowest BCUT2D eigenvalue weighted by Crippen LogP contribution is -2.36. The molecule has 2 aromatic carbocycles. The number of nitrogens with one attached hydrogen (secondary N) is 1. The summed E-state index contributed by atoms with van der Waals surface area (Å²) in [4.78, 5) is 37.4. The molecular weight excluding hydrogens is 409 g/mol. The molecule has 0 atom stereocenters. The van der Waals surface area contributed by atoms with Crippen molar-refractivity contribution in [3.63, 3.8) is 0 Å². The van der Waals surface area contributed by atoms with E-state index < -0.39 is 41.0 Å². The molecule has 0 saturated carbocycles. The van der Waals surface area contributed by atoms with Crippen LogP contribution in [0.15, 0.2) is 53.4 Å². The Morgan fingerprint density at radius 2 is 1.76 bits per heavy atom. The lowest BCUT2D eigenvalue weighted by molar-refractivity contribution is -0.137. The normalized spacial score (nSPS) is 15.8. The zero-order chi connectivity index (χ0) is 21.2. The molecule has 0 spiro atoms. The zero-order valence-corrected chi connectivity index (χ0v) is 15.4. The fourth-order valence-electron chi connectivity index (χ4n) is 2.53. The third-order valence-corrected chi connectivity index (χ3v) is 4.78. The summed E-state index contributed by atoms with van der Waals surface area (Å²) in [6.45, 7) is -0.718. The van der Waals surface area contributed by atoms with E-state index in [9.17, 15) is 32.7 Å². The Bertz CT molecular complexity index is 1000. The molecule has 29 heavy (non-hydrogen) atoms. The average molecular weight is 422 g/mol. The molecule has 6 nitrogen and oxygen atoms in total. The number of nitrogens with zero attached hydrogens (tertiary/aromatic N) is 1. The summed E-state index contributed by atoms with van der Waals surface area (Å²) in [5.41, 5.74) is -0.942. The maximum absolute atomic E-state index is 13.0. The molecule has 0 radical (unpaired) electrons. The van der Waals surface area contributed by atoms with Gasteiger partial charge in [-0.2, -0.15) is 13.2 Å². The predicted molar refractivity (Wildman–Crippen MR) is 101 cm³/mol. The Morgan fingerprint density at radius 1 is 1.10 bits per heavy atom. The van der Waals surface area contributed by atoms with Crippen molar-refractivity contribution in [1.82, 2.24) is 4.90 Å². The van der Waals surface area contributed by atoms with Crippen LogP contribution in [-0.2, 0) is 15.8 Å². The number of para-hydroxylation sites is 1. The highest BCUT2D eigenvalue weighted by Crippen LogP contribution is 2.35. The van der Waals surface area contributed by atoms with Gasteiger partial charge in [0.05, 0.1) is 16.2 Å². The molecule has 1 saturated heterocycles. The molecule has 2 N–H and O–H groups in total. The topological polar surface area (TPSA) is 86.7 Å². The van der Waals surface area contributed by atoms with Gasteiger partial charge in [-0.3, -0.25) is 19.3 Å². The van der Waals surface area contributed by atoms with E-state index in [-0.39, 0.29) is 10.7 Å². The van der Waals surface area contributed by atoms with Gasteiger partial charge in [-0.15, -0.1) is 0 Å². The summed E-state index contributed by atoms with van der Waals surface area (Å²) in [6.07, 6.45) is -3.25. The van der Waals surface area contributed by atoms with Gasteiger partial charge in [0.2, 0.25) is 5.91 Å². The van der Waals surface area contributed by atoms with Crippen LogP contribution in [0, 0.1) is 0 Å². The minimum atomic E-state index is -4.67. The van der Waals surface area contributed by atoms with Crippen LogP contribution < -0.4 is 5.32 Å². The monoisotopic (exact) mass is 422 g/mol. The molecule has 1 fully saturated rings. The first-order valence-electron chi connectivity index (χ1n) is 8.15. The minimum Gasteiger partial charge on any atom is -0.508 e. The molecule has 1 aliphatic rings. The number of anilines is 1. The average Bonchev–Trinajstić information content (AvgIpc) is 2.90. The van der Waals surface area contributed by atoms with Crippen molar-refractivity contribution in [3.05, 3.63) is 64.6 Å². The van der Waals surface area contributed by atoms with E-state index in [0.717, 1.165) is 12.1 Å². The summed E-state index contributed by atoms with van der Waals surface area (Å²) in [5.74, 6) is -1.63. The number of thioether (sulfide) groups is 1. The van der Waals surface area contributed by atoms with Crippen molar-refractivity contribution in [2.24, 2.45) is 0 Å². The largest absolute Gasteiger partial charge is 0.508 e. The quantitative estimate of drug-likeness (QED) is 0.725. The Hall–Kier alpha value is -3.27. The molecule has 150 valence electrons. The highest BCUT2D eigenvalue weighted by molar-refractivity contribution is 8.18. The molecule has 2 aromatic rings. The zero-order valence-electron chi connectivity index (χ0n) is 14.6. The van der Waals surface area contributed by atoms with Gasteiger partial charge in [-0.1, -0.05) is 24.3 Å². The maximum atomic E-state index is 13.0. The number of imide groups is 1. The van der Waals surface area contributed by atoms with Crippen molar-refractivity contribution < 1.29 is 32.7 Å². The third kappa shape index (κ3) is 4.77. The molecule has 0 bridgehead atoms. The molecule has 10 heteroatoms. The summed E-state index contributed by atoms with van der Waals surface area (Å²) >= 11 is 0.613. The standard InChI is InChI=1S/C19H13F3N2O4S/c20-19(21,22)13-3-1-2-4-14(13)23-16(26)10-24-17(27)15(29-18(24)28)9-11-5-7-12(25)8-6-11/h1-9,25H,10H2,(H,23,26)/b15-9-. The van der Waals surface area contributed by atoms with Gasteiger partial charge >= 0.3 is 6.18 Å². The highest BCUT2D eigenvalue weighted by atomic mass is 32.2. The second-order valence-corrected chi connectivity index (χ2v) is 6.94. The number of amides is 3. The van der Waals surface area contributed by atoms with Crippen LogP contribution in [0.3, 0.4) is 0 Å². The smallest absolute Gasteiger partial charge is 0.418 e. The van der Waals surface area contributed by atoms with Gasteiger partial charge < -0.3 is 10.4 Å². The number of hydrogen-bond donors (Lipinski definition) is 2. The second-order valence-electron chi connectivity index (χ2n) is 5.95. The van der Waals surface area contributed by atoms with Gasteiger partial charge in [0, 0.05) is 0 Å². The minimum absolute atomic E-state index is 0.0334. The summed E-state index contributed by atoms with van der Waals surface area (Å²) in [7, 11) is 0. The van der Waals surface area contributed by atoms with Crippen LogP contribution in [0.25, 0.3) is 6.08 Å². The van der Waals surface area contributed by atoms with E-state index in [1.165, 1.54) is 42.5 Å². The molecule has 0 aliphatic carbocycles. The van der Waals surface area contributed by atoms with E-state index in [4.69, 9.17) is 0 Å². The first-order valence-corrected chi connectivity index (χ1v) is 8.97. The van der Waals surface area contributed by atoms with E-state index in [0.29, 0.717) is 22.2 Å². The second kappa shape index (κ2) is 8.00. The van der Waals surface area contributed by atoms with E-state index in [2.05, 4.69) is 5.32 Å². The van der Waals surface area contributed by atoms with E-state index >= 15 is 0 Å². The van der Waals surface area contributed by atoms with Crippen LogP contribution in [0.2, 0.25) is 0 Å². The van der Waals surface area contributed by atoms with E-state index in [1.54, 1.807) is 0 Å². The first kappa shape index (κ1) is 20.5. The fraction of sp³-hybridized carbons (Fsp3) is 0.105. The molecule has 3 rings (SSSR count). The molecular formula is C19H13F3N2O4S. The number of benzene rings is 2. The Kier molecular flexibility index (Phi) is 5.64. The molecule has 1 heterocycles. The van der Waals surface area contributed by atoms with Crippen molar-refractivity contribution in [2.45, 2.75) is 6.18 Å². The Balaban J connectivity index is 1.72. The molecule has 1 aliphatic heterocycles. The fourth-order valence-corrected chi connectivity index (χ4v) is 3.37. The Morgan fingerprint density at radius 3 is 2.41 bits per heavy atom. The summed E-state index contributed by atoms with van der Waals surface area (Å²) in [6, 6.07) is 10.3. The maximum Gasteiger partial charge on any atom is 0.418 e. The third-order valence-electron chi connectivity index (χ3n) is 3.87. The lowest BCUT2D eigenvalue weighted by atomic mass is 10.1. The highest BCUT2D eigenvalue weighted by Gasteiger charge is 2.37. The van der Waals surface area contributed by atoms with Crippen molar-refractivity contribution in [2.75, 3.05) is 11.9 Å². The van der Waals surface area contributed by atoms with Crippen LogP contribution in [0.1, 0.15) is 11.1 Å². The van der Waals surface area contributed by atoms with Crippen LogP contribution in [0.5, 0.6) is 5.75 Å². The summed E-state index contributed by atoms with van der Waals surface area (Å²) in [5, 5.41) is 10.7. The number of halogens is 3. The Labute approximate surface area is 167 Å². The van der Waals surface area contributed by atoms with E-state index in [1.807, 2.05) is 0 Å². The van der Waals surface area contributed by atoms with Crippen molar-refractivity contribution >= 4 is 40.6 Å². The van der Waals surface area contributed by atoms with Crippen LogP contribution in [-0.4, -0.2) is 33.6 Å². The predicted octanol–water partition coefficient (Wildman–Crippen LogP) is 4.09. The lowest BCUT2D eigenvalue weighted by Gasteiger charge is -2.15. The number of phenols is 1. The van der Waals surface area contributed by atoms with Gasteiger partial charge in [0.1, 0.15) is 12.3 Å². The number of carbonyl (C=O) groups excluding carboxylic acids is 3. The van der Waals surface area contributed by atoms with Crippen molar-refractivity contribution in [1.29, 1.82) is 0 Å². The molecule has 0 unspecified atom stereocenters. The van der Waals surface area contributed by atoms with Gasteiger partial charge in [0.25, 0.3) is 11.1 Å².